The maximum Gasteiger partial charge on any atom is 0.343 e. The van der Waals surface area contributed by atoms with E-state index in [0.717, 1.165) is 81.9 Å². The monoisotopic (exact) mass is 1060 g/mol. The molecule has 0 heterocycles. The van der Waals surface area contributed by atoms with Crippen LogP contribution in [0.5, 0.6) is 40.2 Å². The Morgan fingerprint density at radius 3 is 1.27 bits per heavy atom. The van der Waals surface area contributed by atoms with Gasteiger partial charge >= 0.3 is 35.8 Å². The summed E-state index contributed by atoms with van der Waals surface area (Å²) in [6.45, 7) is 10.4. The average molecular weight is 1060 g/mol. The maximum atomic E-state index is 13.9. The Balaban J connectivity index is 1.22. The SMILES string of the molecule is C=CC(=O)OCCCCCCOc1ccc(C(=O)Oc2ccc(OC(=O)c3ccc(OC)cc3)cc2Cc2cc(C(=O)Oc3ccc(CCC)cc3)ccc2OC(=O)c2ccc(OCCCCCCOC(=O)C=C)cc2)cc1. The van der Waals surface area contributed by atoms with Crippen LogP contribution < -0.4 is 33.2 Å². The highest BCUT2D eigenvalue weighted by atomic mass is 16.6. The van der Waals surface area contributed by atoms with Crippen molar-refractivity contribution in [1.82, 2.24) is 0 Å². The summed E-state index contributed by atoms with van der Waals surface area (Å²) in [5.41, 5.74) is 2.57. The van der Waals surface area contributed by atoms with Crippen molar-refractivity contribution >= 4 is 35.8 Å². The number of hydrogen-bond donors (Lipinski definition) is 0. The van der Waals surface area contributed by atoms with E-state index in [9.17, 15) is 28.8 Å². The van der Waals surface area contributed by atoms with Gasteiger partial charge in [0, 0.05) is 29.7 Å². The van der Waals surface area contributed by atoms with E-state index in [0.29, 0.717) is 60.6 Å². The number of methoxy groups -OCH3 is 1. The van der Waals surface area contributed by atoms with Gasteiger partial charge < -0.3 is 42.6 Å². The number of unbranched alkanes of at least 4 members (excludes halogenated alkanes) is 6. The lowest BCUT2D eigenvalue weighted by Crippen LogP contribution is -2.14. The molecule has 0 N–H and O–H groups in total. The lowest BCUT2D eigenvalue weighted by atomic mass is 10.00. The van der Waals surface area contributed by atoms with E-state index in [4.69, 9.17) is 42.6 Å². The highest BCUT2D eigenvalue weighted by molar-refractivity contribution is 5.94. The Kier molecular flexibility index (Phi) is 23.3. The number of carbonyl (C=O) groups is 6. The van der Waals surface area contributed by atoms with Crippen molar-refractivity contribution in [3.05, 3.63) is 198 Å². The molecule has 6 aromatic rings. The molecule has 0 unspecified atom stereocenters. The summed E-state index contributed by atoms with van der Waals surface area (Å²) in [5, 5.41) is 0. The van der Waals surface area contributed by atoms with E-state index in [1.54, 1.807) is 84.9 Å². The van der Waals surface area contributed by atoms with Gasteiger partial charge in [-0.1, -0.05) is 38.6 Å². The first-order chi connectivity index (χ1) is 37.9. The normalized spacial score (nSPS) is 10.6. The van der Waals surface area contributed by atoms with E-state index in [-0.39, 0.29) is 45.9 Å². The molecule has 0 atom stereocenters. The molecule has 15 nitrogen and oxygen atoms in total. The lowest BCUT2D eigenvalue weighted by Gasteiger charge is -2.16. The zero-order valence-corrected chi connectivity index (χ0v) is 44.0. The second-order valence-electron chi connectivity index (χ2n) is 17.8. The van der Waals surface area contributed by atoms with Crippen LogP contribution in [-0.2, 0) is 31.9 Å². The summed E-state index contributed by atoms with van der Waals surface area (Å²) in [7, 11) is 1.52. The van der Waals surface area contributed by atoms with Crippen molar-refractivity contribution < 1.29 is 71.4 Å². The number of ether oxygens (including phenoxy) is 9. The third-order valence-electron chi connectivity index (χ3n) is 11.9. The van der Waals surface area contributed by atoms with Gasteiger partial charge in [-0.05, 0) is 185 Å². The number of carbonyl (C=O) groups excluding carboxylic acids is 6. The van der Waals surface area contributed by atoms with Crippen molar-refractivity contribution in [2.24, 2.45) is 0 Å². The van der Waals surface area contributed by atoms with Crippen LogP contribution in [0.15, 0.2) is 159 Å². The lowest BCUT2D eigenvalue weighted by molar-refractivity contribution is -0.138. The number of rotatable bonds is 31. The molecule has 0 radical (unpaired) electrons. The van der Waals surface area contributed by atoms with Gasteiger partial charge in [0.15, 0.2) is 0 Å². The molecule has 0 aromatic heterocycles. The molecule has 0 aliphatic carbocycles. The minimum atomic E-state index is -0.701. The van der Waals surface area contributed by atoms with Crippen LogP contribution in [0, 0.1) is 0 Å². The molecule has 0 aliphatic heterocycles. The summed E-state index contributed by atoms with van der Waals surface area (Å²) in [6.07, 6.45) is 10.5. The fraction of sp³-hybridized carbons (Fsp3) is 0.270. The fourth-order valence-corrected chi connectivity index (χ4v) is 7.73. The molecular formula is C63H64O15. The van der Waals surface area contributed by atoms with Gasteiger partial charge in [-0.2, -0.15) is 0 Å². The first-order valence-electron chi connectivity index (χ1n) is 25.9. The van der Waals surface area contributed by atoms with Crippen LogP contribution in [0.3, 0.4) is 0 Å². The van der Waals surface area contributed by atoms with Crippen molar-refractivity contribution in [2.75, 3.05) is 33.5 Å². The first-order valence-corrected chi connectivity index (χ1v) is 25.9. The summed E-state index contributed by atoms with van der Waals surface area (Å²) >= 11 is 0. The molecule has 0 aliphatic rings. The van der Waals surface area contributed by atoms with Gasteiger partial charge in [0.1, 0.15) is 40.2 Å². The highest BCUT2D eigenvalue weighted by Gasteiger charge is 2.21. The van der Waals surface area contributed by atoms with Gasteiger partial charge in [0.05, 0.1) is 55.8 Å². The summed E-state index contributed by atoms with van der Waals surface area (Å²) in [5.74, 6) is -1.34. The quantitative estimate of drug-likeness (QED) is 0.0173. The first kappa shape index (κ1) is 58.3. The van der Waals surface area contributed by atoms with E-state index in [1.807, 2.05) is 12.1 Å². The molecule has 406 valence electrons. The zero-order chi connectivity index (χ0) is 55.5. The molecule has 6 rings (SSSR count). The highest BCUT2D eigenvalue weighted by Crippen LogP contribution is 2.33. The van der Waals surface area contributed by atoms with Gasteiger partial charge in [0.2, 0.25) is 0 Å². The minimum Gasteiger partial charge on any atom is -0.497 e. The molecule has 0 bridgehead atoms. The predicted octanol–water partition coefficient (Wildman–Crippen LogP) is 12.5. The molecule has 0 amide bonds. The number of benzene rings is 6. The van der Waals surface area contributed by atoms with Crippen LogP contribution in [0.4, 0.5) is 0 Å². The van der Waals surface area contributed by atoms with Crippen molar-refractivity contribution in [3.63, 3.8) is 0 Å². The number of aryl methyl sites for hydroxylation is 1. The zero-order valence-electron chi connectivity index (χ0n) is 44.0. The van der Waals surface area contributed by atoms with Gasteiger partial charge in [-0.3, -0.25) is 0 Å². The number of esters is 6. The molecule has 0 spiro atoms. The molecule has 15 heteroatoms. The Bertz CT molecular complexity index is 2960. The van der Waals surface area contributed by atoms with Gasteiger partial charge in [0.25, 0.3) is 0 Å². The molecule has 0 saturated carbocycles. The molecule has 0 saturated heterocycles. The van der Waals surface area contributed by atoms with E-state index >= 15 is 0 Å². The molecule has 78 heavy (non-hydrogen) atoms. The van der Waals surface area contributed by atoms with Gasteiger partial charge in [-0.25, -0.2) is 28.8 Å². The predicted molar refractivity (Wildman–Crippen MR) is 292 cm³/mol. The second kappa shape index (κ2) is 31.2. The topological polar surface area (TPSA) is 185 Å². The Hall–Kier alpha value is -8.98. The minimum absolute atomic E-state index is 0.0857. The van der Waals surface area contributed by atoms with Crippen molar-refractivity contribution in [3.8, 4) is 40.2 Å². The van der Waals surface area contributed by atoms with E-state index < -0.39 is 35.8 Å². The van der Waals surface area contributed by atoms with Crippen LogP contribution in [0.2, 0.25) is 0 Å². The van der Waals surface area contributed by atoms with E-state index in [2.05, 4.69) is 20.1 Å². The number of hydrogen-bond acceptors (Lipinski definition) is 15. The van der Waals surface area contributed by atoms with Crippen molar-refractivity contribution in [1.29, 1.82) is 0 Å². The standard InChI is InChI=1S/C63H64O15/c1-5-16-44-17-26-54(27-18-44)75-63(69)48-25-35-56(77-61(67)46-21-30-52(31-22-46)71-37-12-8-10-14-39-73-58(64)6-2)49(41-48)42-50-43-55(76-60(66)45-19-28-51(70-4)29-20-45)34-36-57(50)78-62(68)47-23-32-53(33-24-47)72-38-13-9-11-15-40-74-59(65)7-3/h6-7,17-36,41,43H,2-3,5,8-16,37-40,42H2,1,4H3. The van der Waals surface area contributed by atoms with Crippen LogP contribution in [-0.4, -0.2) is 69.4 Å². The Morgan fingerprint density at radius 1 is 0.410 bits per heavy atom. The Morgan fingerprint density at radius 2 is 0.795 bits per heavy atom. The van der Waals surface area contributed by atoms with Crippen LogP contribution >= 0.6 is 0 Å². The Labute approximate surface area is 454 Å². The fourth-order valence-electron chi connectivity index (χ4n) is 7.73. The summed E-state index contributed by atoms with van der Waals surface area (Å²) in [6, 6.07) is 35.6. The van der Waals surface area contributed by atoms with Crippen molar-refractivity contribution in [2.45, 2.75) is 77.6 Å². The molecule has 6 aromatic carbocycles. The summed E-state index contributed by atoms with van der Waals surface area (Å²) in [4.78, 5) is 77.3. The van der Waals surface area contributed by atoms with E-state index in [1.165, 1.54) is 43.5 Å². The smallest absolute Gasteiger partial charge is 0.343 e. The summed E-state index contributed by atoms with van der Waals surface area (Å²) < 4.78 is 50.7. The van der Waals surface area contributed by atoms with Crippen LogP contribution in [0.25, 0.3) is 0 Å². The molecular weight excluding hydrogens is 997 g/mol. The largest absolute Gasteiger partial charge is 0.497 e. The maximum absolute atomic E-state index is 13.9. The third kappa shape index (κ3) is 19.0. The second-order valence-corrected chi connectivity index (χ2v) is 17.8. The average Bonchev–Trinajstić information content (AvgIpc) is 3.46. The van der Waals surface area contributed by atoms with Gasteiger partial charge in [-0.15, -0.1) is 0 Å². The third-order valence-corrected chi connectivity index (χ3v) is 11.9. The molecule has 0 fully saturated rings. The van der Waals surface area contributed by atoms with Crippen LogP contribution in [0.1, 0.15) is 123 Å².